The number of carbonyl (C=O) groups is 3. The monoisotopic (exact) mass is 507 g/mol. The average molecular weight is 507 g/mol. The number of amides is 1. The van der Waals surface area contributed by atoms with Crippen molar-refractivity contribution in [2.45, 2.75) is 24.9 Å². The van der Waals surface area contributed by atoms with E-state index in [1.165, 1.54) is 12.1 Å². The standard InChI is InChI=1S/C20H25N7O6.2Na.2H/c1-27-12(9-23-16-15(27)18(31)26-20(21)25-16)8-22-11-4-2-10(3-5-11)17(30)24-13(19(32)33)6-7-14(28)29;;;;/h2-5,12-13,22H,6-9H2,1H3,(H,24,30)(H,28,29)(H,32,33)(H4,21,23,25,26,31);;;;/q;2*+1;2*-1/t12?,13-;;;;/m0..../s1. The second-order valence-electron chi connectivity index (χ2n) is 7.55. The molecule has 0 saturated heterocycles. The fourth-order valence-corrected chi connectivity index (χ4v) is 3.42. The van der Waals surface area contributed by atoms with E-state index in [1.807, 2.05) is 4.90 Å². The zero-order valence-corrected chi connectivity index (χ0v) is 23.8. The summed E-state index contributed by atoms with van der Waals surface area (Å²) in [5.41, 5.74) is 6.59. The van der Waals surface area contributed by atoms with Crippen LogP contribution in [0.2, 0.25) is 0 Å². The van der Waals surface area contributed by atoms with Crippen LogP contribution in [-0.2, 0) is 9.59 Å². The van der Waals surface area contributed by atoms with Gasteiger partial charge in [0.1, 0.15) is 11.7 Å². The summed E-state index contributed by atoms with van der Waals surface area (Å²) in [5, 5.41) is 26.6. The Kier molecular flexibility index (Phi) is 12.0. The average Bonchev–Trinajstić information content (AvgIpc) is 2.75. The van der Waals surface area contributed by atoms with E-state index in [0.29, 0.717) is 24.6 Å². The molecule has 35 heavy (non-hydrogen) atoms. The number of hydrogen-bond donors (Lipinski definition) is 7. The number of H-pyrrole nitrogens is 1. The van der Waals surface area contributed by atoms with Gasteiger partial charge in [-0.15, -0.1) is 0 Å². The molecule has 1 aromatic heterocycles. The largest absolute Gasteiger partial charge is 1.00 e. The molecular formula is C20H27N7Na2O6. The van der Waals surface area contributed by atoms with Crippen LogP contribution in [0.1, 0.15) is 26.1 Å². The summed E-state index contributed by atoms with van der Waals surface area (Å²) < 4.78 is 0. The van der Waals surface area contributed by atoms with Crippen molar-refractivity contribution in [2.75, 3.05) is 41.4 Å². The Morgan fingerprint density at radius 1 is 1.26 bits per heavy atom. The molecule has 1 aliphatic heterocycles. The van der Waals surface area contributed by atoms with E-state index in [2.05, 4.69) is 25.9 Å². The molecule has 1 aromatic carbocycles. The van der Waals surface area contributed by atoms with Gasteiger partial charge in [0.05, 0.1) is 6.04 Å². The Bertz CT molecular complexity index is 1120. The molecule has 8 N–H and O–H groups in total. The number of aliphatic carboxylic acids is 2. The summed E-state index contributed by atoms with van der Waals surface area (Å²) in [6, 6.07) is 5.03. The van der Waals surface area contributed by atoms with Crippen LogP contribution in [0.4, 0.5) is 23.1 Å². The van der Waals surface area contributed by atoms with Gasteiger partial charge in [-0.1, -0.05) is 0 Å². The first-order valence-corrected chi connectivity index (χ1v) is 10.1. The van der Waals surface area contributed by atoms with Crippen LogP contribution >= 0.6 is 0 Å². The molecule has 2 heterocycles. The number of nitrogens with zero attached hydrogens (tertiary/aromatic N) is 2. The predicted molar refractivity (Wildman–Crippen MR) is 123 cm³/mol. The number of carboxylic acids is 2. The molecule has 3 rings (SSSR count). The quantitative estimate of drug-likeness (QED) is 0.159. The van der Waals surface area contributed by atoms with Crippen molar-refractivity contribution in [3.63, 3.8) is 0 Å². The number of nitrogens with two attached hydrogens (primary N) is 1. The van der Waals surface area contributed by atoms with Gasteiger partial charge < -0.3 is 39.7 Å². The number of rotatable bonds is 9. The van der Waals surface area contributed by atoms with Crippen LogP contribution < -0.4 is 91.3 Å². The fraction of sp³-hybridized carbons (Fsp3) is 0.350. The topological polar surface area (TPSA) is 203 Å². The number of benzene rings is 1. The van der Waals surface area contributed by atoms with Crippen LogP contribution in [0, 0.1) is 0 Å². The van der Waals surface area contributed by atoms with Gasteiger partial charge in [0.25, 0.3) is 11.5 Å². The number of aromatic amines is 1. The first kappa shape index (κ1) is 30.7. The van der Waals surface area contributed by atoms with Crippen LogP contribution in [0.25, 0.3) is 0 Å². The number of carbonyl (C=O) groups excluding carboxylic acids is 1. The summed E-state index contributed by atoms with van der Waals surface area (Å²) >= 11 is 0. The van der Waals surface area contributed by atoms with Gasteiger partial charge in [0.2, 0.25) is 5.95 Å². The van der Waals surface area contributed by atoms with Gasteiger partial charge in [0, 0.05) is 37.8 Å². The number of anilines is 4. The Hall–Kier alpha value is -2.29. The number of fused-ring (bicyclic) bond motifs is 1. The number of aromatic nitrogens is 2. The summed E-state index contributed by atoms with van der Waals surface area (Å²) in [6.07, 6.45) is -0.586. The van der Waals surface area contributed by atoms with E-state index in [0.717, 1.165) is 5.69 Å². The van der Waals surface area contributed by atoms with Crippen molar-refractivity contribution in [2.24, 2.45) is 0 Å². The van der Waals surface area contributed by atoms with Gasteiger partial charge in [-0.05, 0) is 30.7 Å². The molecule has 2 atom stereocenters. The zero-order valence-electron chi connectivity index (χ0n) is 21.8. The van der Waals surface area contributed by atoms with Gasteiger partial charge in [-0.2, -0.15) is 4.98 Å². The third kappa shape index (κ3) is 8.12. The minimum absolute atomic E-state index is 0. The van der Waals surface area contributed by atoms with Crippen molar-refractivity contribution >= 4 is 41.0 Å². The molecule has 0 bridgehead atoms. The fourth-order valence-electron chi connectivity index (χ4n) is 3.42. The predicted octanol–water partition coefficient (Wildman–Crippen LogP) is -6.02. The van der Waals surface area contributed by atoms with E-state index in [-0.39, 0.29) is 97.9 Å². The number of likely N-dealkylation sites (N-methyl/N-ethyl adjacent to an activating group) is 1. The molecule has 0 saturated carbocycles. The zero-order chi connectivity index (χ0) is 24.1. The maximum Gasteiger partial charge on any atom is 1.00 e. The third-order valence-electron chi connectivity index (χ3n) is 5.26. The van der Waals surface area contributed by atoms with E-state index in [1.54, 1.807) is 19.2 Å². The first-order valence-electron chi connectivity index (χ1n) is 10.1. The first-order chi connectivity index (χ1) is 15.7. The third-order valence-corrected chi connectivity index (χ3v) is 5.26. The molecule has 0 radical (unpaired) electrons. The maximum absolute atomic E-state index is 12.3. The molecule has 0 spiro atoms. The second kappa shape index (κ2) is 13.7. The minimum atomic E-state index is -1.30. The van der Waals surface area contributed by atoms with E-state index >= 15 is 0 Å². The number of nitrogens with one attached hydrogen (secondary N) is 4. The van der Waals surface area contributed by atoms with Gasteiger partial charge in [-0.25, -0.2) is 4.79 Å². The molecule has 13 nitrogen and oxygen atoms in total. The van der Waals surface area contributed by atoms with Gasteiger partial charge >= 0.3 is 71.1 Å². The van der Waals surface area contributed by atoms with E-state index in [4.69, 9.17) is 10.8 Å². The van der Waals surface area contributed by atoms with Gasteiger partial charge in [-0.3, -0.25) is 19.4 Å². The van der Waals surface area contributed by atoms with Crippen molar-refractivity contribution in [3.05, 3.63) is 40.2 Å². The molecule has 2 aromatic rings. The molecule has 1 aliphatic rings. The summed E-state index contributed by atoms with van der Waals surface area (Å²) in [7, 11) is 1.79. The Morgan fingerprint density at radius 2 is 1.91 bits per heavy atom. The molecule has 0 fully saturated rings. The number of nitrogen functional groups attached to an aromatic ring is 1. The Labute approximate surface area is 247 Å². The van der Waals surface area contributed by atoms with Crippen LogP contribution in [0.15, 0.2) is 29.1 Å². The van der Waals surface area contributed by atoms with Crippen LogP contribution in [-0.4, -0.2) is 70.2 Å². The van der Waals surface area contributed by atoms with Crippen LogP contribution in [0.5, 0.6) is 0 Å². The summed E-state index contributed by atoms with van der Waals surface area (Å²) in [5.74, 6) is -2.59. The van der Waals surface area contributed by atoms with Gasteiger partial charge in [0.15, 0.2) is 5.82 Å². The molecule has 15 heteroatoms. The Morgan fingerprint density at radius 3 is 2.51 bits per heavy atom. The maximum atomic E-state index is 12.3. The number of hydrogen-bond acceptors (Lipinski definition) is 9. The molecular weight excluding hydrogens is 480 g/mol. The van der Waals surface area contributed by atoms with Crippen molar-refractivity contribution in [1.82, 2.24) is 15.3 Å². The van der Waals surface area contributed by atoms with Crippen molar-refractivity contribution in [1.29, 1.82) is 0 Å². The van der Waals surface area contributed by atoms with Crippen molar-refractivity contribution < 1.29 is 86.6 Å². The smallest absolute Gasteiger partial charge is 1.00 e. The second-order valence-corrected chi connectivity index (χ2v) is 7.55. The van der Waals surface area contributed by atoms with Crippen LogP contribution in [0.3, 0.4) is 0 Å². The minimum Gasteiger partial charge on any atom is -1.00 e. The summed E-state index contributed by atoms with van der Waals surface area (Å²) in [4.78, 5) is 54.9. The van der Waals surface area contributed by atoms with Crippen molar-refractivity contribution in [3.8, 4) is 0 Å². The van der Waals surface area contributed by atoms with E-state index < -0.39 is 23.9 Å². The molecule has 1 amide bonds. The number of carboxylic acid groups (broad SMARTS) is 2. The summed E-state index contributed by atoms with van der Waals surface area (Å²) in [6.45, 7) is 1.01. The molecule has 0 aliphatic carbocycles. The molecule has 1 unspecified atom stereocenters. The van der Waals surface area contributed by atoms with E-state index in [9.17, 15) is 24.3 Å². The molecule has 180 valence electrons. The normalized spacial score (nSPS) is 14.8. The SMILES string of the molecule is CN1c2c(nc(N)[nH]c2=O)NCC1CNc1ccc(C(=O)N[C@@H](CCC(=O)O)C(=O)O)cc1.[H-].[H-].[Na+].[Na+]. The Balaban J connectivity index is 0.